The van der Waals surface area contributed by atoms with E-state index in [1.807, 2.05) is 6.26 Å². The van der Waals surface area contributed by atoms with Crippen molar-refractivity contribution in [1.29, 1.82) is 0 Å². The molecule has 1 amide bonds. The molecule has 31 heavy (non-hydrogen) atoms. The highest BCUT2D eigenvalue weighted by molar-refractivity contribution is 8.00. The summed E-state index contributed by atoms with van der Waals surface area (Å²) in [4.78, 5) is 26.1. The molecule has 0 fully saturated rings. The number of amides is 1. The van der Waals surface area contributed by atoms with Crippen LogP contribution >= 0.6 is 34.9 Å². The van der Waals surface area contributed by atoms with Crippen molar-refractivity contribution in [2.45, 2.75) is 23.1 Å². The maximum atomic E-state index is 12.7. The zero-order valence-electron chi connectivity index (χ0n) is 17.9. The number of hydrogen-bond donors (Lipinski definition) is 2. The van der Waals surface area contributed by atoms with Gasteiger partial charge in [-0.25, -0.2) is 9.97 Å². The second kappa shape index (κ2) is 9.64. The van der Waals surface area contributed by atoms with E-state index in [1.165, 1.54) is 38.9 Å². The van der Waals surface area contributed by atoms with Crippen molar-refractivity contribution in [3.63, 3.8) is 0 Å². The molecule has 3 aromatic rings. The molecule has 7 nitrogen and oxygen atoms in total. The maximum absolute atomic E-state index is 12.7. The monoisotopic (exact) mass is 477 g/mol. The zero-order valence-corrected chi connectivity index (χ0v) is 20.4. The number of nitrogens with one attached hydrogen (secondary N) is 2. The van der Waals surface area contributed by atoms with Gasteiger partial charge in [-0.05, 0) is 24.0 Å². The first kappa shape index (κ1) is 22.2. The van der Waals surface area contributed by atoms with Crippen LogP contribution in [0.25, 0.3) is 10.2 Å². The Hall–Kier alpha value is -2.01. The number of hydrogen-bond acceptors (Lipinski definition) is 8. The lowest BCUT2D eigenvalue weighted by molar-refractivity contribution is -0.895. The highest BCUT2D eigenvalue weighted by Crippen LogP contribution is 2.38. The molecule has 1 unspecified atom stereocenters. The van der Waals surface area contributed by atoms with Gasteiger partial charge in [-0.15, -0.1) is 11.3 Å². The van der Waals surface area contributed by atoms with Crippen LogP contribution in [0.2, 0.25) is 0 Å². The van der Waals surface area contributed by atoms with Gasteiger partial charge >= 0.3 is 0 Å². The minimum atomic E-state index is -0.112. The average Bonchev–Trinajstić information content (AvgIpc) is 3.14. The molecular formula is C21H25N4O3S3+. The van der Waals surface area contributed by atoms with Crippen LogP contribution in [0.3, 0.4) is 0 Å². The third-order valence-electron chi connectivity index (χ3n) is 5.15. The van der Waals surface area contributed by atoms with Gasteiger partial charge in [0.1, 0.15) is 27.9 Å². The SMILES string of the molecule is COc1ccc(NC(=O)CSc2nc(SC)nc3sc4c(c23)CC[NH+](C)C4)c(OC)c1. The molecule has 3 heterocycles. The topological polar surface area (TPSA) is 77.8 Å². The predicted octanol–water partition coefficient (Wildman–Crippen LogP) is 2.73. The molecule has 0 spiro atoms. The second-order valence-electron chi connectivity index (χ2n) is 7.24. The van der Waals surface area contributed by atoms with Gasteiger partial charge in [0.25, 0.3) is 0 Å². The Kier molecular flexibility index (Phi) is 6.90. The van der Waals surface area contributed by atoms with Crippen molar-refractivity contribution in [2.75, 3.05) is 45.1 Å². The highest BCUT2D eigenvalue weighted by atomic mass is 32.2. The molecule has 1 atom stereocenters. The fourth-order valence-corrected chi connectivity index (χ4v) is 6.31. The van der Waals surface area contributed by atoms with E-state index in [0.29, 0.717) is 17.2 Å². The molecule has 0 bridgehead atoms. The van der Waals surface area contributed by atoms with E-state index in [2.05, 4.69) is 12.4 Å². The van der Waals surface area contributed by atoms with E-state index < -0.39 is 0 Å². The number of thioether (sulfide) groups is 2. The number of carbonyl (C=O) groups is 1. The molecule has 0 saturated carbocycles. The summed E-state index contributed by atoms with van der Waals surface area (Å²) in [6.45, 7) is 2.12. The lowest BCUT2D eigenvalue weighted by Gasteiger charge is -2.19. The summed E-state index contributed by atoms with van der Waals surface area (Å²) >= 11 is 4.76. The number of benzene rings is 1. The maximum Gasteiger partial charge on any atom is 0.234 e. The number of carbonyl (C=O) groups excluding carboxylic acids is 1. The Bertz CT molecular complexity index is 1120. The fraction of sp³-hybridized carbons (Fsp3) is 0.381. The van der Waals surface area contributed by atoms with Crippen molar-refractivity contribution in [3.8, 4) is 11.5 Å². The quantitative estimate of drug-likeness (QED) is 0.308. The van der Waals surface area contributed by atoms with Crippen molar-refractivity contribution < 1.29 is 19.2 Å². The first-order chi connectivity index (χ1) is 15.0. The van der Waals surface area contributed by atoms with Gasteiger partial charge in [0.05, 0.1) is 44.1 Å². The summed E-state index contributed by atoms with van der Waals surface area (Å²) in [6, 6.07) is 5.32. The van der Waals surface area contributed by atoms with Crippen LogP contribution in [0.15, 0.2) is 28.4 Å². The van der Waals surface area contributed by atoms with Gasteiger partial charge in [-0.3, -0.25) is 4.79 Å². The summed E-state index contributed by atoms with van der Waals surface area (Å²) in [5.41, 5.74) is 1.98. The summed E-state index contributed by atoms with van der Waals surface area (Å²) in [5.74, 6) is 1.38. The number of likely N-dealkylation sites (N-methyl/N-ethyl adjacent to an activating group) is 1. The predicted molar refractivity (Wildman–Crippen MR) is 127 cm³/mol. The number of quaternary nitrogens is 1. The number of aromatic nitrogens is 2. The molecule has 0 aliphatic carbocycles. The largest absolute Gasteiger partial charge is 0.497 e. The molecule has 0 saturated heterocycles. The second-order valence-corrected chi connectivity index (χ2v) is 10.1. The summed E-state index contributed by atoms with van der Waals surface area (Å²) in [6.07, 6.45) is 3.00. The number of rotatable bonds is 7. The summed E-state index contributed by atoms with van der Waals surface area (Å²) < 4.78 is 10.6. The van der Waals surface area contributed by atoms with Gasteiger partial charge in [0, 0.05) is 17.9 Å². The molecule has 10 heteroatoms. The Balaban J connectivity index is 1.55. The van der Waals surface area contributed by atoms with E-state index >= 15 is 0 Å². The molecule has 4 rings (SSSR count). The van der Waals surface area contributed by atoms with Crippen molar-refractivity contribution in [2.24, 2.45) is 0 Å². The van der Waals surface area contributed by atoms with Crippen LogP contribution in [0.1, 0.15) is 10.4 Å². The van der Waals surface area contributed by atoms with Crippen LogP contribution in [-0.2, 0) is 17.8 Å². The van der Waals surface area contributed by atoms with Crippen LogP contribution in [0.5, 0.6) is 11.5 Å². The number of ether oxygens (including phenoxy) is 2. The van der Waals surface area contributed by atoms with Gasteiger partial charge in [-0.2, -0.15) is 0 Å². The molecule has 1 aromatic carbocycles. The van der Waals surface area contributed by atoms with Crippen molar-refractivity contribution in [1.82, 2.24) is 9.97 Å². The van der Waals surface area contributed by atoms with Gasteiger partial charge in [0.15, 0.2) is 5.16 Å². The van der Waals surface area contributed by atoms with E-state index in [-0.39, 0.29) is 11.7 Å². The molecule has 1 aliphatic rings. The molecule has 2 aromatic heterocycles. The lowest BCUT2D eigenvalue weighted by atomic mass is 10.1. The standard InChI is InChI=1S/C21H24N4O3S3/c1-25-8-7-13-16(10-25)31-20-18(13)19(23-21(24-20)29-4)30-11-17(26)22-14-6-5-12(27-2)9-15(14)28-3/h5-6,9H,7-8,10-11H2,1-4H3,(H,22,26)/p+1. The van der Waals surface area contributed by atoms with Gasteiger partial charge in [0.2, 0.25) is 5.91 Å². The minimum Gasteiger partial charge on any atom is -0.497 e. The Morgan fingerprint density at radius 2 is 2.13 bits per heavy atom. The first-order valence-electron chi connectivity index (χ1n) is 9.84. The number of thiophene rings is 1. The Labute approximate surface area is 193 Å². The number of methoxy groups -OCH3 is 2. The number of anilines is 1. The van der Waals surface area contributed by atoms with Crippen LogP contribution in [0, 0.1) is 0 Å². The normalized spacial score (nSPS) is 15.5. The molecule has 164 valence electrons. The third kappa shape index (κ3) is 4.77. The van der Waals surface area contributed by atoms with Crippen molar-refractivity contribution in [3.05, 3.63) is 28.6 Å². The highest BCUT2D eigenvalue weighted by Gasteiger charge is 2.25. The minimum absolute atomic E-state index is 0.112. The lowest BCUT2D eigenvalue weighted by Crippen LogP contribution is -3.08. The van der Waals surface area contributed by atoms with Gasteiger partial charge < -0.3 is 19.7 Å². The van der Waals surface area contributed by atoms with E-state index in [9.17, 15) is 4.79 Å². The zero-order chi connectivity index (χ0) is 22.0. The van der Waals surface area contributed by atoms with Gasteiger partial charge in [-0.1, -0.05) is 23.5 Å². The third-order valence-corrected chi connectivity index (χ3v) is 7.80. The van der Waals surface area contributed by atoms with Crippen LogP contribution in [-0.4, -0.2) is 55.7 Å². The molecule has 0 radical (unpaired) electrons. The number of nitrogens with zero attached hydrogens (tertiary/aromatic N) is 2. The van der Waals surface area contributed by atoms with E-state index in [0.717, 1.165) is 39.9 Å². The van der Waals surface area contributed by atoms with Crippen molar-refractivity contribution >= 4 is 56.7 Å². The summed E-state index contributed by atoms with van der Waals surface area (Å²) in [5, 5.41) is 5.70. The Morgan fingerprint density at radius 3 is 2.87 bits per heavy atom. The fourth-order valence-electron chi connectivity index (χ4n) is 3.58. The molecule has 1 aliphatic heterocycles. The van der Waals surface area contributed by atoms with Crippen LogP contribution < -0.4 is 19.7 Å². The smallest absolute Gasteiger partial charge is 0.234 e. The van der Waals surface area contributed by atoms with Crippen LogP contribution in [0.4, 0.5) is 5.69 Å². The molecule has 2 N–H and O–H groups in total. The summed E-state index contributed by atoms with van der Waals surface area (Å²) in [7, 11) is 5.39. The Morgan fingerprint density at radius 1 is 1.29 bits per heavy atom. The number of fused-ring (bicyclic) bond motifs is 3. The van der Waals surface area contributed by atoms with E-state index in [4.69, 9.17) is 19.4 Å². The van der Waals surface area contributed by atoms with E-state index in [1.54, 1.807) is 43.8 Å². The molecular weight excluding hydrogens is 452 g/mol. The first-order valence-corrected chi connectivity index (χ1v) is 12.9. The average molecular weight is 478 g/mol.